The monoisotopic (exact) mass is 343 g/mol. The van der Waals surface area contributed by atoms with E-state index in [2.05, 4.69) is 53.8 Å². The fourth-order valence-electron chi connectivity index (χ4n) is 4.52. The summed E-state index contributed by atoms with van der Waals surface area (Å²) in [7, 11) is 1.80. The highest BCUT2D eigenvalue weighted by Crippen LogP contribution is 2.45. The van der Waals surface area contributed by atoms with Crippen LogP contribution >= 0.6 is 12.4 Å². The number of rotatable bonds is 3. The molecule has 2 aliphatic rings. The SMILES string of the molecule is COc1cccc2c1CC(c1ccccc1)CC2[C@H]1CCCN1.Cl. The van der Waals surface area contributed by atoms with Gasteiger partial charge in [0.2, 0.25) is 0 Å². The Morgan fingerprint density at radius 3 is 2.58 bits per heavy atom. The molecule has 1 aliphatic carbocycles. The number of halogens is 1. The maximum absolute atomic E-state index is 5.69. The summed E-state index contributed by atoms with van der Waals surface area (Å²) in [5, 5.41) is 3.74. The number of methoxy groups -OCH3 is 1. The molecule has 24 heavy (non-hydrogen) atoms. The van der Waals surface area contributed by atoms with Crippen molar-refractivity contribution in [2.24, 2.45) is 0 Å². The van der Waals surface area contributed by atoms with E-state index in [1.165, 1.54) is 36.0 Å². The molecule has 2 unspecified atom stereocenters. The Hall–Kier alpha value is -1.51. The van der Waals surface area contributed by atoms with Gasteiger partial charge >= 0.3 is 0 Å². The normalized spacial score (nSPS) is 25.6. The van der Waals surface area contributed by atoms with E-state index in [1.807, 2.05) is 0 Å². The van der Waals surface area contributed by atoms with Gasteiger partial charge in [-0.05, 0) is 60.9 Å². The third-order valence-corrected chi connectivity index (χ3v) is 5.63. The molecule has 128 valence electrons. The van der Waals surface area contributed by atoms with Crippen LogP contribution in [0.4, 0.5) is 0 Å². The third-order valence-electron chi connectivity index (χ3n) is 5.63. The first-order valence-electron chi connectivity index (χ1n) is 8.81. The average Bonchev–Trinajstić information content (AvgIpc) is 3.15. The van der Waals surface area contributed by atoms with Crippen LogP contribution in [0.5, 0.6) is 5.75 Å². The van der Waals surface area contributed by atoms with Gasteiger partial charge in [0.15, 0.2) is 0 Å². The number of ether oxygens (including phenoxy) is 1. The molecule has 3 heteroatoms. The van der Waals surface area contributed by atoms with Crippen molar-refractivity contribution < 1.29 is 4.74 Å². The standard InChI is InChI=1S/C21H25NO.ClH/c1-23-21-11-5-9-17-18(20-10-6-12-22-20)13-16(14-19(17)21)15-7-3-2-4-8-15;/h2-5,7-9,11,16,18,20,22H,6,10,12-14H2,1H3;1H/t16?,18?,20-;/m1./s1. The van der Waals surface area contributed by atoms with Crippen molar-refractivity contribution in [2.45, 2.75) is 43.6 Å². The number of benzene rings is 2. The summed E-state index contributed by atoms with van der Waals surface area (Å²) >= 11 is 0. The van der Waals surface area contributed by atoms with E-state index >= 15 is 0 Å². The Labute approximate surface area is 151 Å². The van der Waals surface area contributed by atoms with Crippen LogP contribution in [0.2, 0.25) is 0 Å². The first-order chi connectivity index (χ1) is 11.4. The van der Waals surface area contributed by atoms with Gasteiger partial charge in [-0.3, -0.25) is 0 Å². The van der Waals surface area contributed by atoms with Crippen LogP contribution in [0.3, 0.4) is 0 Å². The molecule has 0 radical (unpaired) electrons. The lowest BCUT2D eigenvalue weighted by molar-refractivity contribution is 0.376. The second kappa shape index (κ2) is 7.58. The van der Waals surface area contributed by atoms with Gasteiger partial charge in [-0.25, -0.2) is 0 Å². The quantitative estimate of drug-likeness (QED) is 0.873. The van der Waals surface area contributed by atoms with Crippen molar-refractivity contribution in [1.82, 2.24) is 5.32 Å². The molecule has 0 saturated carbocycles. The maximum atomic E-state index is 5.69. The lowest BCUT2D eigenvalue weighted by atomic mass is 9.71. The Balaban J connectivity index is 0.00000169. The summed E-state index contributed by atoms with van der Waals surface area (Å²) in [5.74, 6) is 2.25. The van der Waals surface area contributed by atoms with Gasteiger partial charge < -0.3 is 10.1 Å². The van der Waals surface area contributed by atoms with Gasteiger partial charge in [0.25, 0.3) is 0 Å². The lowest BCUT2D eigenvalue weighted by Crippen LogP contribution is -2.33. The zero-order valence-electron chi connectivity index (χ0n) is 14.2. The summed E-state index contributed by atoms with van der Waals surface area (Å²) in [6.45, 7) is 1.16. The molecule has 3 atom stereocenters. The molecule has 1 heterocycles. The predicted molar refractivity (Wildman–Crippen MR) is 102 cm³/mol. The summed E-state index contributed by atoms with van der Waals surface area (Å²) < 4.78 is 5.69. The molecule has 0 amide bonds. The number of fused-ring (bicyclic) bond motifs is 1. The van der Waals surface area contributed by atoms with Crippen molar-refractivity contribution >= 4 is 12.4 Å². The van der Waals surface area contributed by atoms with Crippen LogP contribution in [0.15, 0.2) is 48.5 Å². The Kier molecular flexibility index (Phi) is 5.47. The zero-order chi connectivity index (χ0) is 15.6. The Morgan fingerprint density at radius 2 is 1.88 bits per heavy atom. The van der Waals surface area contributed by atoms with Gasteiger partial charge in [-0.2, -0.15) is 0 Å². The number of hydrogen-bond acceptors (Lipinski definition) is 2. The molecule has 1 saturated heterocycles. The summed E-state index contributed by atoms with van der Waals surface area (Å²) in [6.07, 6.45) is 4.92. The second-order valence-corrected chi connectivity index (χ2v) is 6.88. The molecule has 2 aromatic rings. The molecule has 2 aromatic carbocycles. The van der Waals surface area contributed by atoms with E-state index in [0.717, 1.165) is 18.7 Å². The third kappa shape index (κ3) is 3.18. The minimum absolute atomic E-state index is 0. The van der Waals surface area contributed by atoms with E-state index in [-0.39, 0.29) is 12.4 Å². The largest absolute Gasteiger partial charge is 0.496 e. The van der Waals surface area contributed by atoms with Gasteiger partial charge in [0.1, 0.15) is 5.75 Å². The molecule has 0 spiro atoms. The van der Waals surface area contributed by atoms with Gasteiger partial charge in [0, 0.05) is 12.0 Å². The minimum atomic E-state index is 0. The van der Waals surface area contributed by atoms with E-state index in [4.69, 9.17) is 4.74 Å². The average molecular weight is 344 g/mol. The smallest absolute Gasteiger partial charge is 0.122 e. The molecule has 4 rings (SSSR count). The van der Waals surface area contributed by atoms with Crippen molar-refractivity contribution in [3.63, 3.8) is 0 Å². The van der Waals surface area contributed by atoms with Gasteiger partial charge in [0.05, 0.1) is 7.11 Å². The second-order valence-electron chi connectivity index (χ2n) is 6.88. The van der Waals surface area contributed by atoms with E-state index in [0.29, 0.717) is 17.9 Å². The van der Waals surface area contributed by atoms with Crippen LogP contribution < -0.4 is 10.1 Å². The van der Waals surface area contributed by atoms with E-state index in [1.54, 1.807) is 7.11 Å². The molecular weight excluding hydrogens is 318 g/mol. The first kappa shape index (κ1) is 17.3. The fourth-order valence-corrected chi connectivity index (χ4v) is 4.52. The maximum Gasteiger partial charge on any atom is 0.122 e. The van der Waals surface area contributed by atoms with Crippen LogP contribution in [0.1, 0.15) is 47.8 Å². The summed E-state index contributed by atoms with van der Waals surface area (Å²) in [5.41, 5.74) is 4.40. The van der Waals surface area contributed by atoms with Gasteiger partial charge in [-0.15, -0.1) is 12.4 Å². The lowest BCUT2D eigenvalue weighted by Gasteiger charge is -2.36. The Morgan fingerprint density at radius 1 is 1.04 bits per heavy atom. The summed E-state index contributed by atoms with van der Waals surface area (Å²) in [6, 6.07) is 18.2. The highest BCUT2D eigenvalue weighted by molar-refractivity contribution is 5.85. The molecule has 1 N–H and O–H groups in total. The van der Waals surface area contributed by atoms with Crippen molar-refractivity contribution in [1.29, 1.82) is 0 Å². The zero-order valence-corrected chi connectivity index (χ0v) is 15.0. The van der Waals surface area contributed by atoms with E-state index < -0.39 is 0 Å². The van der Waals surface area contributed by atoms with Crippen LogP contribution in [0, 0.1) is 0 Å². The highest BCUT2D eigenvalue weighted by Gasteiger charge is 2.35. The van der Waals surface area contributed by atoms with Crippen molar-refractivity contribution in [3.05, 3.63) is 65.2 Å². The molecule has 2 nitrogen and oxygen atoms in total. The van der Waals surface area contributed by atoms with Crippen molar-refractivity contribution in [2.75, 3.05) is 13.7 Å². The van der Waals surface area contributed by atoms with Crippen LogP contribution in [0.25, 0.3) is 0 Å². The van der Waals surface area contributed by atoms with E-state index in [9.17, 15) is 0 Å². The Bertz CT molecular complexity index is 667. The highest BCUT2D eigenvalue weighted by atomic mass is 35.5. The van der Waals surface area contributed by atoms with Crippen LogP contribution in [-0.2, 0) is 6.42 Å². The molecular formula is C21H26ClNO. The minimum Gasteiger partial charge on any atom is -0.496 e. The molecule has 1 fully saturated rings. The van der Waals surface area contributed by atoms with Crippen molar-refractivity contribution in [3.8, 4) is 5.75 Å². The fraction of sp³-hybridized carbons (Fsp3) is 0.429. The molecule has 0 bridgehead atoms. The molecule has 1 aliphatic heterocycles. The predicted octanol–water partition coefficient (Wildman–Crippen LogP) is 4.68. The topological polar surface area (TPSA) is 21.3 Å². The molecule has 0 aromatic heterocycles. The first-order valence-corrected chi connectivity index (χ1v) is 8.81. The number of nitrogens with one attached hydrogen (secondary N) is 1. The van der Waals surface area contributed by atoms with Gasteiger partial charge in [-0.1, -0.05) is 42.5 Å². The summed E-state index contributed by atoms with van der Waals surface area (Å²) in [4.78, 5) is 0. The van der Waals surface area contributed by atoms with Crippen LogP contribution in [-0.4, -0.2) is 19.7 Å². The number of hydrogen-bond donors (Lipinski definition) is 1.